The molecule has 0 aliphatic rings. The smallest absolute Gasteiger partial charge is 0.303 e. The van der Waals surface area contributed by atoms with E-state index in [1.54, 1.807) is 0 Å². The number of hydrogen-bond acceptors (Lipinski definition) is 5. The molecule has 0 unspecified atom stereocenters. The molecule has 1 aromatic heterocycles. The number of aliphatic hydroxyl groups is 3. The lowest BCUT2D eigenvalue weighted by Crippen LogP contribution is -2.50. The number of aliphatic hydroxyl groups excluding tert-OH is 3. The molecule has 0 atom stereocenters. The van der Waals surface area contributed by atoms with Gasteiger partial charge in [0.25, 0.3) is 0 Å². The number of rotatable bonds is 10. The highest BCUT2D eigenvalue weighted by Crippen LogP contribution is 2.27. The minimum absolute atomic E-state index is 0.157. The second-order valence-corrected chi connectivity index (χ2v) is 8.93. The average molecular weight is 491 g/mol. The Balaban J connectivity index is 0.000000392. The molecule has 0 fully saturated rings. The van der Waals surface area contributed by atoms with Crippen LogP contribution in [0.3, 0.4) is 0 Å². The van der Waals surface area contributed by atoms with Crippen LogP contribution in [0.1, 0.15) is 23.1 Å². The Labute approximate surface area is 211 Å². The van der Waals surface area contributed by atoms with Crippen molar-refractivity contribution in [2.75, 3.05) is 19.8 Å². The molecule has 0 saturated heterocycles. The number of carboxylic acid groups (broad SMARTS) is 1. The summed E-state index contributed by atoms with van der Waals surface area (Å²) >= 11 is 0. The number of carbonyl (C=O) groups is 1. The molecule has 0 aliphatic heterocycles. The molecule has 7 heteroatoms. The van der Waals surface area contributed by atoms with Crippen LogP contribution in [0.25, 0.3) is 16.6 Å². The maximum Gasteiger partial charge on any atom is 0.303 e. The van der Waals surface area contributed by atoms with Gasteiger partial charge in [0, 0.05) is 23.7 Å². The second kappa shape index (κ2) is 13.0. The maximum atomic E-state index is 10.9. The van der Waals surface area contributed by atoms with Crippen LogP contribution in [0.15, 0.2) is 85.1 Å². The lowest BCUT2D eigenvalue weighted by atomic mass is 10.0. The summed E-state index contributed by atoms with van der Waals surface area (Å²) in [5.41, 5.74) is 9.92. The van der Waals surface area contributed by atoms with E-state index in [1.807, 2.05) is 30.3 Å². The van der Waals surface area contributed by atoms with E-state index in [-0.39, 0.29) is 6.42 Å². The number of aromatic nitrogens is 1. The van der Waals surface area contributed by atoms with Crippen molar-refractivity contribution in [3.8, 4) is 5.69 Å². The SMILES string of the molecule is NC(CO)(CO)CO.O=C(O)CCc1ccc2c(c1)c(CCc1ccccc1)cn2-c1ccccc1. The highest BCUT2D eigenvalue weighted by Gasteiger charge is 2.20. The van der Waals surface area contributed by atoms with Crippen molar-refractivity contribution in [1.82, 2.24) is 4.57 Å². The molecule has 7 nitrogen and oxygen atoms in total. The van der Waals surface area contributed by atoms with Gasteiger partial charge in [0.05, 0.1) is 30.9 Å². The molecule has 36 heavy (non-hydrogen) atoms. The molecule has 4 aromatic rings. The summed E-state index contributed by atoms with van der Waals surface area (Å²) in [6.07, 6.45) is 4.87. The minimum Gasteiger partial charge on any atom is -0.481 e. The highest BCUT2D eigenvalue weighted by molar-refractivity contribution is 5.86. The van der Waals surface area contributed by atoms with Gasteiger partial charge in [0.15, 0.2) is 0 Å². The Bertz CT molecular complexity index is 1230. The number of fused-ring (bicyclic) bond motifs is 1. The van der Waals surface area contributed by atoms with Crippen LogP contribution in [0, 0.1) is 0 Å². The molecule has 0 saturated carbocycles. The molecule has 4 rings (SSSR count). The molecule has 0 radical (unpaired) electrons. The van der Waals surface area contributed by atoms with E-state index in [4.69, 9.17) is 26.2 Å². The van der Waals surface area contributed by atoms with E-state index in [0.29, 0.717) is 6.42 Å². The van der Waals surface area contributed by atoms with Crippen LogP contribution < -0.4 is 5.73 Å². The minimum atomic E-state index is -1.21. The summed E-state index contributed by atoms with van der Waals surface area (Å²) in [6.45, 7) is -1.21. The van der Waals surface area contributed by atoms with Gasteiger partial charge < -0.3 is 30.7 Å². The van der Waals surface area contributed by atoms with E-state index in [1.165, 1.54) is 16.5 Å². The lowest BCUT2D eigenvalue weighted by Gasteiger charge is -2.20. The number of hydrogen-bond donors (Lipinski definition) is 5. The highest BCUT2D eigenvalue weighted by atomic mass is 16.4. The molecular weight excluding hydrogens is 456 g/mol. The van der Waals surface area contributed by atoms with Crippen LogP contribution in [0.2, 0.25) is 0 Å². The van der Waals surface area contributed by atoms with Crippen molar-refractivity contribution in [2.45, 2.75) is 31.2 Å². The molecule has 0 bridgehead atoms. The second-order valence-electron chi connectivity index (χ2n) is 8.93. The van der Waals surface area contributed by atoms with E-state index in [2.05, 4.69) is 59.3 Å². The van der Waals surface area contributed by atoms with Crippen LogP contribution >= 0.6 is 0 Å². The fourth-order valence-electron chi connectivity index (χ4n) is 3.83. The number of aliphatic carboxylic acids is 1. The number of nitrogens with two attached hydrogens (primary N) is 1. The summed E-state index contributed by atoms with van der Waals surface area (Å²) in [4.78, 5) is 10.9. The fraction of sp³-hybridized carbons (Fsp3) is 0.276. The Morgan fingerprint density at radius 3 is 1.94 bits per heavy atom. The van der Waals surface area contributed by atoms with Crippen molar-refractivity contribution < 1.29 is 25.2 Å². The molecule has 0 amide bonds. The summed E-state index contributed by atoms with van der Waals surface area (Å²) in [5.74, 6) is -0.758. The Morgan fingerprint density at radius 2 is 1.39 bits per heavy atom. The number of nitrogens with zero attached hydrogens (tertiary/aromatic N) is 1. The monoisotopic (exact) mass is 490 g/mol. The van der Waals surface area contributed by atoms with Gasteiger partial charge in [-0.15, -0.1) is 0 Å². The van der Waals surface area contributed by atoms with Gasteiger partial charge in [-0.25, -0.2) is 0 Å². The first kappa shape index (κ1) is 27.1. The molecule has 190 valence electrons. The first-order chi connectivity index (χ1) is 17.4. The zero-order valence-electron chi connectivity index (χ0n) is 20.3. The van der Waals surface area contributed by atoms with E-state index in [0.717, 1.165) is 29.6 Å². The van der Waals surface area contributed by atoms with Gasteiger partial charge >= 0.3 is 5.97 Å². The molecule has 0 spiro atoms. The summed E-state index contributed by atoms with van der Waals surface area (Å²) in [7, 11) is 0. The fourth-order valence-corrected chi connectivity index (χ4v) is 3.83. The Morgan fingerprint density at radius 1 is 0.778 bits per heavy atom. The summed E-state index contributed by atoms with van der Waals surface area (Å²) in [6, 6.07) is 27.2. The van der Waals surface area contributed by atoms with E-state index in [9.17, 15) is 4.79 Å². The van der Waals surface area contributed by atoms with Crippen LogP contribution in [0.5, 0.6) is 0 Å². The summed E-state index contributed by atoms with van der Waals surface area (Å²) in [5, 5.41) is 35.2. The van der Waals surface area contributed by atoms with Gasteiger partial charge in [0.2, 0.25) is 0 Å². The molecule has 1 heterocycles. The predicted molar refractivity (Wildman–Crippen MR) is 141 cm³/mol. The zero-order valence-corrected chi connectivity index (χ0v) is 20.3. The van der Waals surface area contributed by atoms with Gasteiger partial charge in [-0.05, 0) is 60.2 Å². The van der Waals surface area contributed by atoms with E-state index < -0.39 is 31.3 Å². The van der Waals surface area contributed by atoms with Crippen LogP contribution in [-0.4, -0.2) is 56.3 Å². The van der Waals surface area contributed by atoms with E-state index >= 15 is 0 Å². The van der Waals surface area contributed by atoms with Crippen molar-refractivity contribution in [3.05, 3.63) is 102 Å². The molecule has 6 N–H and O–H groups in total. The topological polar surface area (TPSA) is 129 Å². The van der Waals surface area contributed by atoms with Crippen molar-refractivity contribution in [2.24, 2.45) is 5.73 Å². The van der Waals surface area contributed by atoms with Gasteiger partial charge in [-0.3, -0.25) is 4.79 Å². The first-order valence-corrected chi connectivity index (χ1v) is 11.9. The number of para-hydroxylation sites is 1. The zero-order chi connectivity index (χ0) is 26.0. The maximum absolute atomic E-state index is 10.9. The normalized spacial score (nSPS) is 11.2. The standard InChI is InChI=1S/C25H23NO2.C4H11NO3/c27-25(28)16-13-20-12-15-24-23(17-20)21(14-11-19-7-3-1-4-8-19)18-26(24)22-9-5-2-6-10-22;5-4(1-6,2-7)3-8/h1-10,12,15,17-18H,11,13-14,16H2,(H,27,28);6-8H,1-3,5H2. The van der Waals surface area contributed by atoms with Crippen LogP contribution in [0.4, 0.5) is 0 Å². The third-order valence-electron chi connectivity index (χ3n) is 6.08. The third kappa shape index (κ3) is 7.26. The Hall–Kier alpha value is -3.49. The first-order valence-electron chi connectivity index (χ1n) is 11.9. The lowest BCUT2D eigenvalue weighted by molar-refractivity contribution is -0.136. The number of benzene rings is 3. The Kier molecular flexibility index (Phi) is 9.78. The average Bonchev–Trinajstić information content (AvgIpc) is 3.29. The van der Waals surface area contributed by atoms with Gasteiger partial charge in [0.1, 0.15) is 0 Å². The molecule has 0 aliphatic carbocycles. The van der Waals surface area contributed by atoms with Crippen molar-refractivity contribution >= 4 is 16.9 Å². The molecular formula is C29H34N2O5. The summed E-state index contributed by atoms with van der Waals surface area (Å²) < 4.78 is 2.23. The van der Waals surface area contributed by atoms with Gasteiger partial charge in [-0.1, -0.05) is 54.6 Å². The quantitative estimate of drug-likeness (QED) is 0.232. The largest absolute Gasteiger partial charge is 0.481 e. The van der Waals surface area contributed by atoms with Crippen molar-refractivity contribution in [3.63, 3.8) is 0 Å². The van der Waals surface area contributed by atoms with Gasteiger partial charge in [-0.2, -0.15) is 0 Å². The number of aryl methyl sites for hydroxylation is 3. The number of carboxylic acids is 1. The third-order valence-corrected chi connectivity index (χ3v) is 6.08. The van der Waals surface area contributed by atoms with Crippen molar-refractivity contribution in [1.29, 1.82) is 0 Å². The predicted octanol–water partition coefficient (Wildman–Crippen LogP) is 3.09. The van der Waals surface area contributed by atoms with Crippen LogP contribution in [-0.2, 0) is 24.1 Å². The molecule has 3 aromatic carbocycles.